The quantitative estimate of drug-likeness (QED) is 0.734. The van der Waals surface area contributed by atoms with Gasteiger partial charge in [-0.25, -0.2) is 9.59 Å². The van der Waals surface area contributed by atoms with Crippen LogP contribution in [0.25, 0.3) is 0 Å². The van der Waals surface area contributed by atoms with E-state index in [9.17, 15) is 9.59 Å². The van der Waals surface area contributed by atoms with Crippen LogP contribution < -0.4 is 0 Å². The average Bonchev–Trinajstić information content (AvgIpc) is 2.43. The maximum atomic E-state index is 10.6. The number of carboxylic acid groups (broad SMARTS) is 2. The van der Waals surface area contributed by atoms with Gasteiger partial charge in [-0.15, -0.1) is 0 Å². The molecule has 0 aliphatic heterocycles. The first-order chi connectivity index (χ1) is 12.2. The molecule has 1 aliphatic carbocycles. The average molecular weight is 376 g/mol. The summed E-state index contributed by atoms with van der Waals surface area (Å²) in [6.45, 7) is 15.3. The highest BCUT2D eigenvalue weighted by atomic mass is 16.4. The lowest BCUT2D eigenvalue weighted by atomic mass is 9.64. The topological polar surface area (TPSA) is 87.0 Å². The van der Waals surface area contributed by atoms with Crippen molar-refractivity contribution < 1.29 is 19.8 Å². The predicted molar refractivity (Wildman–Crippen MR) is 109 cm³/mol. The fourth-order valence-corrected chi connectivity index (χ4v) is 4.14. The van der Waals surface area contributed by atoms with Crippen LogP contribution in [0.1, 0.15) is 87.1 Å². The van der Waals surface area contributed by atoms with E-state index < -0.39 is 11.9 Å². The second kappa shape index (κ2) is 8.68. The molecule has 0 radical (unpaired) electrons. The van der Waals surface area contributed by atoms with Crippen molar-refractivity contribution in [2.45, 2.75) is 73.8 Å². The summed E-state index contributed by atoms with van der Waals surface area (Å²) in [6, 6.07) is 4.63. The molecule has 5 nitrogen and oxygen atoms in total. The van der Waals surface area contributed by atoms with Gasteiger partial charge in [0.25, 0.3) is 0 Å². The molecular weight excluding hydrogens is 342 g/mol. The smallest absolute Gasteiger partial charge is 0.335 e. The predicted octanol–water partition coefficient (Wildman–Crippen LogP) is 5.46. The fourth-order valence-electron chi connectivity index (χ4n) is 4.14. The molecule has 0 bridgehead atoms. The van der Waals surface area contributed by atoms with E-state index in [1.165, 1.54) is 50.1 Å². The Morgan fingerprint density at radius 1 is 0.963 bits per heavy atom. The van der Waals surface area contributed by atoms with E-state index in [-0.39, 0.29) is 16.7 Å². The van der Waals surface area contributed by atoms with Crippen LogP contribution in [0.3, 0.4) is 0 Å². The highest BCUT2D eigenvalue weighted by molar-refractivity contribution is 5.96. The zero-order valence-electron chi connectivity index (χ0n) is 17.6. The molecule has 1 saturated carbocycles. The zero-order chi connectivity index (χ0) is 21.0. The molecule has 2 N–H and O–H groups in total. The monoisotopic (exact) mass is 375 g/mol. The SMILES string of the molecule is CC(C)N=C1CC(C)(C)CC(C)(C)C1.Cc1c(C(=O)O)cccc1C(=O)O. The van der Waals surface area contributed by atoms with Gasteiger partial charge in [0.15, 0.2) is 0 Å². The summed E-state index contributed by atoms with van der Waals surface area (Å²) in [5.74, 6) is -2.22. The lowest BCUT2D eigenvalue weighted by molar-refractivity contribution is 0.0696. The molecule has 0 amide bonds. The van der Waals surface area contributed by atoms with Crippen LogP contribution in [0.2, 0.25) is 0 Å². The molecule has 0 saturated heterocycles. The number of hydrogen-bond acceptors (Lipinski definition) is 3. The van der Waals surface area contributed by atoms with E-state index in [1.54, 1.807) is 0 Å². The number of aromatic carboxylic acids is 2. The van der Waals surface area contributed by atoms with Gasteiger partial charge in [-0.2, -0.15) is 0 Å². The Morgan fingerprint density at radius 2 is 1.37 bits per heavy atom. The Kier molecular flexibility index (Phi) is 7.35. The molecule has 1 aliphatic rings. The lowest BCUT2D eigenvalue weighted by Crippen LogP contribution is -2.34. The van der Waals surface area contributed by atoms with Crippen LogP contribution in [-0.4, -0.2) is 33.9 Å². The Balaban J connectivity index is 0.000000271. The van der Waals surface area contributed by atoms with E-state index in [1.807, 2.05) is 0 Å². The Morgan fingerprint density at radius 3 is 1.70 bits per heavy atom. The Hall–Kier alpha value is -2.17. The molecule has 5 heteroatoms. The van der Waals surface area contributed by atoms with Gasteiger partial charge in [0.2, 0.25) is 0 Å². The molecule has 1 aromatic carbocycles. The van der Waals surface area contributed by atoms with E-state index >= 15 is 0 Å². The minimum Gasteiger partial charge on any atom is -0.478 e. The number of aliphatic imine (C=N–C) groups is 1. The molecular formula is C22H33NO4. The van der Waals surface area contributed by atoms with Crippen LogP contribution in [0, 0.1) is 17.8 Å². The number of carbonyl (C=O) groups is 2. The van der Waals surface area contributed by atoms with Gasteiger partial charge < -0.3 is 10.2 Å². The third-order valence-corrected chi connectivity index (χ3v) is 4.56. The van der Waals surface area contributed by atoms with E-state index in [4.69, 9.17) is 15.2 Å². The van der Waals surface area contributed by atoms with Gasteiger partial charge >= 0.3 is 11.9 Å². The van der Waals surface area contributed by atoms with Crippen LogP contribution >= 0.6 is 0 Å². The van der Waals surface area contributed by atoms with Crippen LogP contribution in [0.4, 0.5) is 0 Å². The number of rotatable bonds is 3. The summed E-state index contributed by atoms with van der Waals surface area (Å²) in [7, 11) is 0. The molecule has 0 heterocycles. The first-order valence-electron chi connectivity index (χ1n) is 9.36. The van der Waals surface area contributed by atoms with Crippen molar-refractivity contribution in [3.8, 4) is 0 Å². The number of hydrogen-bond donors (Lipinski definition) is 2. The Bertz CT molecular complexity index is 680. The minimum atomic E-state index is -1.11. The summed E-state index contributed by atoms with van der Waals surface area (Å²) in [6.07, 6.45) is 3.69. The summed E-state index contributed by atoms with van der Waals surface area (Å²) < 4.78 is 0. The van der Waals surface area contributed by atoms with Crippen molar-refractivity contribution in [2.24, 2.45) is 15.8 Å². The van der Waals surface area contributed by atoms with E-state index in [0.717, 1.165) is 0 Å². The highest BCUT2D eigenvalue weighted by Crippen LogP contribution is 2.44. The summed E-state index contributed by atoms with van der Waals surface area (Å²) in [5, 5.41) is 17.4. The maximum Gasteiger partial charge on any atom is 0.335 e. The molecule has 0 spiro atoms. The molecule has 0 aromatic heterocycles. The second-order valence-electron chi connectivity index (χ2n) is 9.24. The Labute approximate surface area is 162 Å². The largest absolute Gasteiger partial charge is 0.478 e. The van der Waals surface area contributed by atoms with Gasteiger partial charge in [0.1, 0.15) is 0 Å². The maximum absolute atomic E-state index is 10.6. The van der Waals surface area contributed by atoms with Crippen LogP contribution in [0.15, 0.2) is 23.2 Å². The van der Waals surface area contributed by atoms with E-state index in [0.29, 0.717) is 16.9 Å². The number of benzene rings is 1. The van der Waals surface area contributed by atoms with Crippen molar-refractivity contribution in [2.75, 3.05) is 0 Å². The van der Waals surface area contributed by atoms with Gasteiger partial charge in [-0.3, -0.25) is 4.99 Å². The lowest BCUT2D eigenvalue weighted by Gasteiger charge is -2.41. The van der Waals surface area contributed by atoms with Crippen molar-refractivity contribution in [1.29, 1.82) is 0 Å². The molecule has 0 unspecified atom stereocenters. The fraction of sp³-hybridized carbons (Fsp3) is 0.591. The van der Waals surface area contributed by atoms with Crippen molar-refractivity contribution in [1.82, 2.24) is 0 Å². The standard InChI is InChI=1S/C13H25N.C9H8O4/c1-10(2)14-11-7-12(3,4)9-13(5,6)8-11;1-5-6(8(10)11)3-2-4-7(5)9(12)13/h10H,7-9H2,1-6H3;2-4H,1H3,(H,10,11)(H,12,13). The second-order valence-corrected chi connectivity index (χ2v) is 9.24. The van der Waals surface area contributed by atoms with Gasteiger partial charge in [0, 0.05) is 11.8 Å². The zero-order valence-corrected chi connectivity index (χ0v) is 17.6. The van der Waals surface area contributed by atoms with Gasteiger partial charge in [0.05, 0.1) is 11.1 Å². The van der Waals surface area contributed by atoms with Gasteiger partial charge in [-0.1, -0.05) is 33.8 Å². The number of nitrogens with zero attached hydrogens (tertiary/aromatic N) is 1. The molecule has 1 aromatic rings. The van der Waals surface area contributed by atoms with Crippen molar-refractivity contribution in [3.63, 3.8) is 0 Å². The van der Waals surface area contributed by atoms with E-state index in [2.05, 4.69) is 41.5 Å². The molecule has 27 heavy (non-hydrogen) atoms. The van der Waals surface area contributed by atoms with Crippen molar-refractivity contribution >= 4 is 17.7 Å². The highest BCUT2D eigenvalue weighted by Gasteiger charge is 2.36. The van der Waals surface area contributed by atoms with Crippen LogP contribution in [-0.2, 0) is 0 Å². The third-order valence-electron chi connectivity index (χ3n) is 4.56. The number of carboxylic acids is 2. The molecule has 2 rings (SSSR count). The molecule has 0 atom stereocenters. The first kappa shape index (κ1) is 22.9. The third kappa shape index (κ3) is 7.16. The van der Waals surface area contributed by atoms with Crippen LogP contribution in [0.5, 0.6) is 0 Å². The first-order valence-corrected chi connectivity index (χ1v) is 9.36. The molecule has 1 fully saturated rings. The summed E-state index contributed by atoms with van der Waals surface area (Å²) in [5.41, 5.74) is 2.65. The normalized spacial score (nSPS) is 17.7. The summed E-state index contributed by atoms with van der Waals surface area (Å²) in [4.78, 5) is 26.0. The molecule has 150 valence electrons. The minimum absolute atomic E-state index is 0.0277. The van der Waals surface area contributed by atoms with Crippen molar-refractivity contribution in [3.05, 3.63) is 34.9 Å². The van der Waals surface area contributed by atoms with Gasteiger partial charge in [-0.05, 0) is 68.6 Å². The summed E-state index contributed by atoms with van der Waals surface area (Å²) >= 11 is 0.